The van der Waals surface area contributed by atoms with Gasteiger partial charge in [-0.3, -0.25) is 4.79 Å². The van der Waals surface area contributed by atoms with E-state index in [0.717, 1.165) is 23.4 Å². The summed E-state index contributed by atoms with van der Waals surface area (Å²) in [6.07, 6.45) is 2.10. The number of carbonyl (C=O) groups excluding carboxylic acids is 1. The van der Waals surface area contributed by atoms with Gasteiger partial charge in [-0.1, -0.05) is 25.5 Å². The molecule has 2 unspecified atom stereocenters. The number of thiazole rings is 1. The number of hydrogen-bond acceptors (Lipinski definition) is 4. The summed E-state index contributed by atoms with van der Waals surface area (Å²) in [5.41, 5.74) is 6.46. The van der Waals surface area contributed by atoms with E-state index in [1.807, 2.05) is 25.1 Å². The number of nitrogens with two attached hydrogens (primary N) is 1. The molecule has 0 radical (unpaired) electrons. The topological polar surface area (TPSA) is 65.2 Å². The number of hydrogen-bond donors (Lipinski definition) is 1. The van der Waals surface area contributed by atoms with Gasteiger partial charge in [0.15, 0.2) is 0 Å². The fraction of sp³-hybridized carbons (Fsp3) is 0.500. The Hall–Kier alpha value is -1.46. The van der Waals surface area contributed by atoms with Crippen LogP contribution in [0.2, 0.25) is 0 Å². The molecule has 2 aromatic rings. The average Bonchev–Trinajstić information content (AvgIpc) is 2.89. The van der Waals surface area contributed by atoms with E-state index in [0.29, 0.717) is 13.0 Å². The maximum absolute atomic E-state index is 11.5. The van der Waals surface area contributed by atoms with Crippen molar-refractivity contribution >= 4 is 27.5 Å². The summed E-state index contributed by atoms with van der Waals surface area (Å²) in [5.74, 6) is -0.171. The third kappa shape index (κ3) is 4.02. The fourth-order valence-electron chi connectivity index (χ4n) is 2.48. The van der Waals surface area contributed by atoms with Crippen LogP contribution in [-0.4, -0.2) is 23.6 Å². The third-order valence-electron chi connectivity index (χ3n) is 3.48. The first-order valence-corrected chi connectivity index (χ1v) is 8.23. The molecule has 4 nitrogen and oxygen atoms in total. The van der Waals surface area contributed by atoms with Gasteiger partial charge in [0.05, 0.1) is 15.2 Å². The standard InChI is InChI=1S/C16H22N2O2S/c1-3-7-11(10-13(15(17)19)20-4-2)16-18-12-8-5-6-9-14(12)21-16/h5-6,8-9,11,13H,3-4,7,10H2,1-2H3,(H2,17,19). The van der Waals surface area contributed by atoms with Crippen LogP contribution in [0.3, 0.4) is 0 Å². The second-order valence-corrected chi connectivity index (χ2v) is 6.15. The molecule has 21 heavy (non-hydrogen) atoms. The summed E-state index contributed by atoms with van der Waals surface area (Å²) in [6, 6.07) is 8.11. The van der Waals surface area contributed by atoms with E-state index in [1.54, 1.807) is 11.3 Å². The van der Waals surface area contributed by atoms with E-state index in [9.17, 15) is 4.79 Å². The van der Waals surface area contributed by atoms with Crippen molar-refractivity contribution in [2.75, 3.05) is 6.61 Å². The zero-order chi connectivity index (χ0) is 15.2. The van der Waals surface area contributed by atoms with Crippen LogP contribution in [0.25, 0.3) is 10.2 Å². The first-order chi connectivity index (χ1) is 10.2. The number of ether oxygens (including phenoxy) is 1. The number of benzene rings is 1. The molecular formula is C16H22N2O2S. The number of nitrogens with zero attached hydrogens (tertiary/aromatic N) is 1. The Bertz CT molecular complexity index is 564. The molecule has 2 atom stereocenters. The van der Waals surface area contributed by atoms with Crippen LogP contribution < -0.4 is 5.73 Å². The Morgan fingerprint density at radius 3 is 2.76 bits per heavy atom. The molecule has 0 saturated heterocycles. The molecule has 114 valence electrons. The molecule has 0 aliphatic heterocycles. The maximum atomic E-state index is 11.5. The van der Waals surface area contributed by atoms with Crippen LogP contribution in [0, 0.1) is 0 Å². The highest BCUT2D eigenvalue weighted by molar-refractivity contribution is 7.18. The molecule has 5 heteroatoms. The number of amides is 1. The van der Waals surface area contributed by atoms with Gasteiger partial charge in [0.25, 0.3) is 0 Å². The Kier molecular flexibility index (Phi) is 5.70. The lowest BCUT2D eigenvalue weighted by atomic mass is 9.96. The van der Waals surface area contributed by atoms with Crippen molar-refractivity contribution in [1.82, 2.24) is 4.98 Å². The quantitative estimate of drug-likeness (QED) is 0.812. The molecular weight excluding hydrogens is 284 g/mol. The predicted octanol–water partition coefficient (Wildman–Crippen LogP) is 3.46. The molecule has 1 aromatic carbocycles. The van der Waals surface area contributed by atoms with Gasteiger partial charge in [0.1, 0.15) is 6.10 Å². The van der Waals surface area contributed by atoms with Crippen molar-refractivity contribution in [3.05, 3.63) is 29.3 Å². The lowest BCUT2D eigenvalue weighted by molar-refractivity contribution is -0.129. The van der Waals surface area contributed by atoms with Gasteiger partial charge < -0.3 is 10.5 Å². The minimum atomic E-state index is -0.529. The summed E-state index contributed by atoms with van der Waals surface area (Å²) in [5, 5.41) is 1.07. The van der Waals surface area contributed by atoms with E-state index < -0.39 is 6.10 Å². The average molecular weight is 306 g/mol. The molecule has 0 saturated carbocycles. The van der Waals surface area contributed by atoms with Gasteiger partial charge >= 0.3 is 0 Å². The van der Waals surface area contributed by atoms with Gasteiger partial charge in [-0.15, -0.1) is 11.3 Å². The van der Waals surface area contributed by atoms with Gasteiger partial charge in [0.2, 0.25) is 5.91 Å². The number of aromatic nitrogens is 1. The number of carbonyl (C=O) groups is 1. The van der Waals surface area contributed by atoms with Crippen molar-refractivity contribution < 1.29 is 9.53 Å². The van der Waals surface area contributed by atoms with Crippen LogP contribution >= 0.6 is 11.3 Å². The van der Waals surface area contributed by atoms with Crippen LogP contribution in [0.4, 0.5) is 0 Å². The van der Waals surface area contributed by atoms with Crippen molar-refractivity contribution in [1.29, 1.82) is 0 Å². The highest BCUT2D eigenvalue weighted by Crippen LogP contribution is 2.33. The molecule has 0 fully saturated rings. The van der Waals surface area contributed by atoms with Gasteiger partial charge in [0, 0.05) is 12.5 Å². The smallest absolute Gasteiger partial charge is 0.246 e. The molecule has 0 spiro atoms. The van der Waals surface area contributed by atoms with E-state index in [1.165, 1.54) is 4.70 Å². The predicted molar refractivity (Wildman–Crippen MR) is 86.5 cm³/mol. The molecule has 1 aromatic heterocycles. The minimum absolute atomic E-state index is 0.219. The van der Waals surface area contributed by atoms with E-state index in [4.69, 9.17) is 15.5 Å². The SMILES string of the molecule is CCCC(CC(OCC)C(N)=O)c1nc2ccccc2s1. The first-order valence-electron chi connectivity index (χ1n) is 7.42. The van der Waals surface area contributed by atoms with Crippen molar-refractivity contribution in [3.8, 4) is 0 Å². The highest BCUT2D eigenvalue weighted by atomic mass is 32.1. The first kappa shape index (κ1) is 15.9. The van der Waals surface area contributed by atoms with Crippen LogP contribution in [0.1, 0.15) is 44.0 Å². The van der Waals surface area contributed by atoms with Crippen LogP contribution in [0.15, 0.2) is 24.3 Å². The third-order valence-corrected chi connectivity index (χ3v) is 4.68. The molecule has 0 aliphatic carbocycles. The zero-order valence-electron chi connectivity index (χ0n) is 12.5. The lowest BCUT2D eigenvalue weighted by Gasteiger charge is -2.19. The number of rotatable bonds is 8. The second-order valence-electron chi connectivity index (χ2n) is 5.09. The summed E-state index contributed by atoms with van der Waals surface area (Å²) in [4.78, 5) is 16.2. The van der Waals surface area contributed by atoms with Crippen molar-refractivity contribution in [2.45, 2.75) is 45.1 Å². The Balaban J connectivity index is 2.22. The summed E-state index contributed by atoms with van der Waals surface area (Å²) in [7, 11) is 0. The number of fused-ring (bicyclic) bond motifs is 1. The maximum Gasteiger partial charge on any atom is 0.246 e. The second kappa shape index (κ2) is 7.52. The Morgan fingerprint density at radius 2 is 2.14 bits per heavy atom. The van der Waals surface area contributed by atoms with Crippen molar-refractivity contribution in [3.63, 3.8) is 0 Å². The molecule has 2 rings (SSSR count). The fourth-order valence-corrected chi connectivity index (χ4v) is 3.60. The molecule has 2 N–H and O–H groups in total. The highest BCUT2D eigenvalue weighted by Gasteiger charge is 2.24. The van der Waals surface area contributed by atoms with Gasteiger partial charge in [-0.2, -0.15) is 0 Å². The number of para-hydroxylation sites is 1. The zero-order valence-corrected chi connectivity index (χ0v) is 13.4. The summed E-state index contributed by atoms with van der Waals surface area (Å²) in [6.45, 7) is 4.51. The van der Waals surface area contributed by atoms with Gasteiger partial charge in [-0.25, -0.2) is 4.98 Å². The normalized spacial score (nSPS) is 14.2. The van der Waals surface area contributed by atoms with Crippen LogP contribution in [0.5, 0.6) is 0 Å². The molecule has 1 amide bonds. The largest absolute Gasteiger partial charge is 0.369 e. The van der Waals surface area contributed by atoms with Crippen LogP contribution in [-0.2, 0) is 9.53 Å². The van der Waals surface area contributed by atoms with E-state index in [-0.39, 0.29) is 11.8 Å². The Morgan fingerprint density at radius 1 is 1.38 bits per heavy atom. The summed E-state index contributed by atoms with van der Waals surface area (Å²) >= 11 is 1.70. The molecule has 0 bridgehead atoms. The Labute approximate surface area is 129 Å². The number of primary amides is 1. The van der Waals surface area contributed by atoms with E-state index >= 15 is 0 Å². The molecule has 0 aliphatic rings. The van der Waals surface area contributed by atoms with E-state index in [2.05, 4.69) is 13.0 Å². The summed E-state index contributed by atoms with van der Waals surface area (Å²) < 4.78 is 6.66. The molecule has 1 heterocycles. The van der Waals surface area contributed by atoms with Crippen molar-refractivity contribution in [2.24, 2.45) is 5.73 Å². The van der Waals surface area contributed by atoms with Gasteiger partial charge in [-0.05, 0) is 31.9 Å². The monoisotopic (exact) mass is 306 g/mol. The lowest BCUT2D eigenvalue weighted by Crippen LogP contribution is -2.32. The minimum Gasteiger partial charge on any atom is -0.369 e.